The standard InChI is InChI=1S/C14H21ClN2O2S/c1-9-4-5-17(8-11(9)3)20(18,19)12-6-10(2)14(15)13(16)7-12/h6-7,9,11H,4-5,8,16H2,1-3H3. The Morgan fingerprint density at radius 1 is 1.30 bits per heavy atom. The summed E-state index contributed by atoms with van der Waals surface area (Å²) in [5.74, 6) is 0.919. The Hall–Kier alpha value is -0.780. The Morgan fingerprint density at radius 3 is 2.50 bits per heavy atom. The number of nitrogens with zero attached hydrogens (tertiary/aromatic N) is 1. The van der Waals surface area contributed by atoms with Gasteiger partial charge in [-0.05, 0) is 42.9 Å². The smallest absolute Gasteiger partial charge is 0.243 e. The molecule has 2 unspecified atom stereocenters. The first kappa shape index (κ1) is 15.6. The molecule has 6 heteroatoms. The summed E-state index contributed by atoms with van der Waals surface area (Å²) in [5.41, 5.74) is 6.78. The molecular weight excluding hydrogens is 296 g/mol. The van der Waals surface area contributed by atoms with E-state index in [-0.39, 0.29) is 4.90 Å². The van der Waals surface area contributed by atoms with E-state index >= 15 is 0 Å². The van der Waals surface area contributed by atoms with Gasteiger partial charge in [0.2, 0.25) is 10.0 Å². The summed E-state index contributed by atoms with van der Waals surface area (Å²) in [6, 6.07) is 3.05. The van der Waals surface area contributed by atoms with E-state index in [0.29, 0.717) is 41.2 Å². The van der Waals surface area contributed by atoms with Crippen molar-refractivity contribution >= 4 is 27.3 Å². The summed E-state index contributed by atoms with van der Waals surface area (Å²) >= 11 is 5.99. The second kappa shape index (κ2) is 5.54. The summed E-state index contributed by atoms with van der Waals surface area (Å²) in [6.07, 6.45) is 0.891. The molecule has 2 atom stereocenters. The van der Waals surface area contributed by atoms with Crippen molar-refractivity contribution < 1.29 is 8.42 Å². The van der Waals surface area contributed by atoms with Crippen LogP contribution in [0.15, 0.2) is 17.0 Å². The number of nitrogens with two attached hydrogens (primary N) is 1. The van der Waals surface area contributed by atoms with Crippen molar-refractivity contribution in [3.8, 4) is 0 Å². The SMILES string of the molecule is Cc1cc(S(=O)(=O)N2CCC(C)C(C)C2)cc(N)c1Cl. The van der Waals surface area contributed by atoms with Gasteiger partial charge in [-0.2, -0.15) is 4.31 Å². The Kier molecular flexibility index (Phi) is 4.33. The normalized spacial score (nSPS) is 24.8. The molecule has 1 aliphatic heterocycles. The van der Waals surface area contributed by atoms with Crippen LogP contribution in [0, 0.1) is 18.8 Å². The molecule has 2 rings (SSSR count). The number of hydrogen-bond acceptors (Lipinski definition) is 3. The Labute approximate surface area is 126 Å². The van der Waals surface area contributed by atoms with Crippen molar-refractivity contribution in [2.45, 2.75) is 32.1 Å². The van der Waals surface area contributed by atoms with Gasteiger partial charge in [0.25, 0.3) is 0 Å². The number of aryl methyl sites for hydroxylation is 1. The molecule has 20 heavy (non-hydrogen) atoms. The van der Waals surface area contributed by atoms with Gasteiger partial charge < -0.3 is 5.73 Å². The van der Waals surface area contributed by atoms with E-state index in [9.17, 15) is 8.42 Å². The van der Waals surface area contributed by atoms with E-state index in [1.807, 2.05) is 0 Å². The van der Waals surface area contributed by atoms with Crippen molar-refractivity contribution in [2.24, 2.45) is 11.8 Å². The van der Waals surface area contributed by atoms with Crippen LogP contribution in [0.25, 0.3) is 0 Å². The zero-order chi connectivity index (χ0) is 15.1. The van der Waals surface area contributed by atoms with E-state index in [2.05, 4.69) is 13.8 Å². The minimum Gasteiger partial charge on any atom is -0.397 e. The lowest BCUT2D eigenvalue weighted by Crippen LogP contribution is -2.42. The number of halogens is 1. The van der Waals surface area contributed by atoms with Crippen LogP contribution < -0.4 is 5.73 Å². The van der Waals surface area contributed by atoms with Gasteiger partial charge >= 0.3 is 0 Å². The van der Waals surface area contributed by atoms with Crippen molar-refractivity contribution in [3.05, 3.63) is 22.7 Å². The highest BCUT2D eigenvalue weighted by Gasteiger charge is 2.32. The molecule has 112 valence electrons. The van der Waals surface area contributed by atoms with Gasteiger partial charge in [-0.1, -0.05) is 25.4 Å². The molecule has 0 bridgehead atoms. The van der Waals surface area contributed by atoms with Crippen LogP contribution in [0.3, 0.4) is 0 Å². The average Bonchev–Trinajstić information content (AvgIpc) is 2.38. The van der Waals surface area contributed by atoms with Crippen LogP contribution in [0.2, 0.25) is 5.02 Å². The molecule has 0 aliphatic carbocycles. The van der Waals surface area contributed by atoms with Gasteiger partial charge in [-0.25, -0.2) is 8.42 Å². The van der Waals surface area contributed by atoms with E-state index in [1.54, 1.807) is 17.3 Å². The van der Waals surface area contributed by atoms with Crippen LogP contribution in [0.1, 0.15) is 25.8 Å². The second-order valence-corrected chi connectivity index (χ2v) is 8.07. The van der Waals surface area contributed by atoms with Gasteiger partial charge in [-0.3, -0.25) is 0 Å². The summed E-state index contributed by atoms with van der Waals surface area (Å²) in [5, 5.41) is 0.421. The highest BCUT2D eigenvalue weighted by Crippen LogP contribution is 2.31. The predicted molar refractivity (Wildman–Crippen MR) is 82.3 cm³/mol. The molecule has 4 nitrogen and oxygen atoms in total. The Morgan fingerprint density at radius 2 is 1.95 bits per heavy atom. The van der Waals surface area contributed by atoms with Crippen LogP contribution in [-0.4, -0.2) is 25.8 Å². The zero-order valence-electron chi connectivity index (χ0n) is 12.1. The lowest BCUT2D eigenvalue weighted by Gasteiger charge is -2.34. The highest BCUT2D eigenvalue weighted by molar-refractivity contribution is 7.89. The Bertz CT molecular complexity index is 593. The fourth-order valence-electron chi connectivity index (χ4n) is 2.50. The Balaban J connectivity index is 2.36. The lowest BCUT2D eigenvalue weighted by molar-refractivity contribution is 0.212. The van der Waals surface area contributed by atoms with Crippen molar-refractivity contribution in [1.82, 2.24) is 4.31 Å². The fraction of sp³-hybridized carbons (Fsp3) is 0.571. The minimum absolute atomic E-state index is 0.235. The second-order valence-electron chi connectivity index (χ2n) is 5.75. The lowest BCUT2D eigenvalue weighted by atomic mass is 9.90. The van der Waals surface area contributed by atoms with Gasteiger partial charge in [0.1, 0.15) is 0 Å². The molecule has 1 aromatic carbocycles. The largest absolute Gasteiger partial charge is 0.397 e. The van der Waals surface area contributed by atoms with E-state index < -0.39 is 10.0 Å². The third-order valence-electron chi connectivity index (χ3n) is 4.19. The first-order valence-electron chi connectivity index (χ1n) is 6.79. The van der Waals surface area contributed by atoms with Crippen LogP contribution in [-0.2, 0) is 10.0 Å². The van der Waals surface area contributed by atoms with Gasteiger partial charge in [0.15, 0.2) is 0 Å². The number of sulfonamides is 1. The summed E-state index contributed by atoms with van der Waals surface area (Å²) < 4.78 is 26.9. The summed E-state index contributed by atoms with van der Waals surface area (Å²) in [6.45, 7) is 7.14. The third kappa shape index (κ3) is 2.80. The quantitative estimate of drug-likeness (QED) is 0.853. The number of hydrogen-bond donors (Lipinski definition) is 1. The molecule has 1 saturated heterocycles. The molecule has 0 radical (unpaired) electrons. The van der Waals surface area contributed by atoms with Crippen molar-refractivity contribution in [3.63, 3.8) is 0 Å². The molecule has 0 saturated carbocycles. The summed E-state index contributed by atoms with van der Waals surface area (Å²) in [7, 11) is -3.49. The van der Waals surface area contributed by atoms with E-state index in [0.717, 1.165) is 6.42 Å². The number of nitrogen functional groups attached to an aromatic ring is 1. The first-order chi connectivity index (χ1) is 9.23. The number of piperidine rings is 1. The minimum atomic E-state index is -3.49. The number of rotatable bonds is 2. The fourth-order valence-corrected chi connectivity index (χ4v) is 4.29. The van der Waals surface area contributed by atoms with Crippen LogP contribution >= 0.6 is 11.6 Å². The highest BCUT2D eigenvalue weighted by atomic mass is 35.5. The maximum absolute atomic E-state index is 12.7. The molecule has 1 aromatic rings. The maximum Gasteiger partial charge on any atom is 0.243 e. The molecule has 0 amide bonds. The van der Waals surface area contributed by atoms with E-state index in [4.69, 9.17) is 17.3 Å². The first-order valence-corrected chi connectivity index (χ1v) is 8.61. The molecule has 1 aliphatic rings. The van der Waals surface area contributed by atoms with Gasteiger partial charge in [0.05, 0.1) is 15.6 Å². The number of anilines is 1. The van der Waals surface area contributed by atoms with Crippen molar-refractivity contribution in [2.75, 3.05) is 18.8 Å². The molecule has 0 aromatic heterocycles. The zero-order valence-corrected chi connectivity index (χ0v) is 13.6. The third-order valence-corrected chi connectivity index (χ3v) is 6.55. The van der Waals surface area contributed by atoms with Crippen LogP contribution in [0.4, 0.5) is 5.69 Å². The van der Waals surface area contributed by atoms with Crippen LogP contribution in [0.5, 0.6) is 0 Å². The molecule has 1 heterocycles. The predicted octanol–water partition coefficient (Wildman–Crippen LogP) is 2.90. The van der Waals surface area contributed by atoms with E-state index in [1.165, 1.54) is 6.07 Å². The summed E-state index contributed by atoms with van der Waals surface area (Å²) in [4.78, 5) is 0.235. The monoisotopic (exact) mass is 316 g/mol. The molecule has 1 fully saturated rings. The topological polar surface area (TPSA) is 63.4 Å². The molecule has 0 spiro atoms. The average molecular weight is 317 g/mol. The molecular formula is C14H21ClN2O2S. The van der Waals surface area contributed by atoms with Gasteiger partial charge in [0, 0.05) is 13.1 Å². The van der Waals surface area contributed by atoms with Crippen molar-refractivity contribution in [1.29, 1.82) is 0 Å². The number of benzene rings is 1. The maximum atomic E-state index is 12.7. The molecule has 2 N–H and O–H groups in total. The van der Waals surface area contributed by atoms with Gasteiger partial charge in [-0.15, -0.1) is 0 Å².